The number of fused-ring (bicyclic) bond motifs is 2. The van der Waals surface area contributed by atoms with Gasteiger partial charge in [0.1, 0.15) is 23.2 Å². The Balaban J connectivity index is 1.08. The second-order valence-electron chi connectivity index (χ2n) is 13.5. The van der Waals surface area contributed by atoms with Gasteiger partial charge in [0, 0.05) is 30.7 Å². The number of thioether (sulfide) groups is 1. The second kappa shape index (κ2) is 15.2. The van der Waals surface area contributed by atoms with Crippen LogP contribution < -0.4 is 15.9 Å². The van der Waals surface area contributed by atoms with E-state index < -0.39 is 7.26 Å². The molecule has 0 amide bonds. The minimum absolute atomic E-state index is 0.209. The molecule has 0 bridgehead atoms. The molecule has 0 N–H and O–H groups in total. The average molecular weight is 700 g/mol. The quantitative estimate of drug-likeness (QED) is 0.0926. The van der Waals surface area contributed by atoms with E-state index in [4.69, 9.17) is 0 Å². The molecular formula is C47H44N2PS+. The summed E-state index contributed by atoms with van der Waals surface area (Å²) in [6, 6.07) is 65.2. The minimum atomic E-state index is -1.87. The lowest BCUT2D eigenvalue weighted by Gasteiger charge is -2.34. The summed E-state index contributed by atoms with van der Waals surface area (Å²) < 4.78 is 0. The number of hydrogen-bond acceptors (Lipinski definition) is 3. The Morgan fingerprint density at radius 1 is 0.510 bits per heavy atom. The molecule has 1 aliphatic heterocycles. The molecule has 0 aromatic heterocycles. The molecule has 8 rings (SSSR count). The third kappa shape index (κ3) is 7.07. The summed E-state index contributed by atoms with van der Waals surface area (Å²) >= 11 is 2.09. The van der Waals surface area contributed by atoms with E-state index in [1.54, 1.807) is 0 Å². The lowest BCUT2D eigenvalue weighted by atomic mass is 10.1. The molecule has 0 spiro atoms. The van der Waals surface area contributed by atoms with Gasteiger partial charge in [0.25, 0.3) is 0 Å². The van der Waals surface area contributed by atoms with Gasteiger partial charge in [0.05, 0.1) is 6.16 Å². The van der Waals surface area contributed by atoms with Gasteiger partial charge in [-0.1, -0.05) is 127 Å². The van der Waals surface area contributed by atoms with Gasteiger partial charge < -0.3 is 9.80 Å². The number of hydrogen-bond donors (Lipinski definition) is 0. The first-order valence-corrected chi connectivity index (χ1v) is 21.0. The zero-order valence-corrected chi connectivity index (χ0v) is 30.9. The van der Waals surface area contributed by atoms with E-state index in [1.165, 1.54) is 54.3 Å². The van der Waals surface area contributed by atoms with E-state index in [2.05, 4.69) is 211 Å². The standard InChI is InChI=1S/C47H44N2PS/c1-37-34-48(35-38-26-28-40-16-11-13-18-42(40)32-38)47(49(37)36-39-27-29-41-17-12-14-19-43(41)33-39)51-31-15-30-50(44-20-5-2-6-21-44,45-22-7-3-8-23-45)46-24-9-4-10-25-46/h2-14,16-29,32-34,47H,15,30-31,35-36H2,1H3/q+1. The SMILES string of the molecule is CC1=CN(Cc2ccc3ccccc3c2)C(SCCC[P+](c2ccccc2)(c2ccccc2)c2ccccc2)N1Cc1ccc2ccccc2c1. The van der Waals surface area contributed by atoms with Crippen LogP contribution in [0.15, 0.2) is 188 Å². The van der Waals surface area contributed by atoms with Crippen LogP contribution in [0, 0.1) is 0 Å². The van der Waals surface area contributed by atoms with Crippen molar-refractivity contribution >= 4 is 56.5 Å². The fourth-order valence-electron chi connectivity index (χ4n) is 7.70. The highest BCUT2D eigenvalue weighted by molar-refractivity contribution is 8.00. The van der Waals surface area contributed by atoms with Crippen LogP contribution in [0.4, 0.5) is 0 Å². The van der Waals surface area contributed by atoms with Crippen LogP contribution in [-0.4, -0.2) is 27.2 Å². The second-order valence-corrected chi connectivity index (χ2v) is 18.3. The largest absolute Gasteiger partial charge is 0.343 e. The highest BCUT2D eigenvalue weighted by atomic mass is 32.2. The molecule has 1 unspecified atom stereocenters. The predicted octanol–water partition coefficient (Wildman–Crippen LogP) is 10.6. The highest BCUT2D eigenvalue weighted by Gasteiger charge is 2.44. The number of benzene rings is 7. The smallest absolute Gasteiger partial charge is 0.150 e. The Morgan fingerprint density at radius 2 is 0.961 bits per heavy atom. The molecule has 1 atom stereocenters. The third-order valence-electron chi connectivity index (χ3n) is 10.2. The van der Waals surface area contributed by atoms with E-state index in [9.17, 15) is 0 Å². The van der Waals surface area contributed by atoms with Gasteiger partial charge in [-0.15, -0.1) is 11.8 Å². The summed E-state index contributed by atoms with van der Waals surface area (Å²) in [6.45, 7) is 4.04. The monoisotopic (exact) mass is 699 g/mol. The zero-order chi connectivity index (χ0) is 34.5. The molecule has 51 heavy (non-hydrogen) atoms. The van der Waals surface area contributed by atoms with Crippen molar-refractivity contribution in [2.75, 3.05) is 11.9 Å². The Bertz CT molecular complexity index is 2160. The molecule has 4 heteroatoms. The Morgan fingerprint density at radius 3 is 1.47 bits per heavy atom. The summed E-state index contributed by atoms with van der Waals surface area (Å²) in [5, 5.41) is 9.57. The average Bonchev–Trinajstić information content (AvgIpc) is 3.48. The molecule has 7 aromatic rings. The molecular weight excluding hydrogens is 656 g/mol. The Kier molecular flexibility index (Phi) is 9.93. The van der Waals surface area contributed by atoms with E-state index in [0.29, 0.717) is 0 Å². The minimum Gasteiger partial charge on any atom is -0.343 e. The first kappa shape index (κ1) is 33.3. The predicted molar refractivity (Wildman–Crippen MR) is 224 cm³/mol. The van der Waals surface area contributed by atoms with Crippen LogP contribution in [0.25, 0.3) is 21.5 Å². The maximum absolute atomic E-state index is 2.61. The topological polar surface area (TPSA) is 6.48 Å². The summed E-state index contributed by atoms with van der Waals surface area (Å²) in [5.41, 5.74) is 4.22. The van der Waals surface area contributed by atoms with Crippen LogP contribution in [0.2, 0.25) is 0 Å². The van der Waals surface area contributed by atoms with Crippen molar-refractivity contribution in [2.45, 2.75) is 31.9 Å². The molecule has 1 aliphatic rings. The van der Waals surface area contributed by atoms with E-state index >= 15 is 0 Å². The van der Waals surface area contributed by atoms with Crippen LogP contribution >= 0.6 is 19.0 Å². The zero-order valence-electron chi connectivity index (χ0n) is 29.2. The maximum atomic E-state index is 2.61. The lowest BCUT2D eigenvalue weighted by molar-refractivity contribution is 0.212. The Hall–Kier alpha value is -4.82. The molecule has 0 radical (unpaired) electrons. The van der Waals surface area contributed by atoms with Crippen LogP contribution in [0.1, 0.15) is 24.5 Å². The number of allylic oxidation sites excluding steroid dienone is 1. The van der Waals surface area contributed by atoms with Crippen molar-refractivity contribution in [3.05, 3.63) is 199 Å². The van der Waals surface area contributed by atoms with E-state index in [-0.39, 0.29) is 5.50 Å². The molecule has 252 valence electrons. The fourth-order valence-corrected chi connectivity index (χ4v) is 13.5. The van der Waals surface area contributed by atoms with Gasteiger partial charge >= 0.3 is 0 Å². The van der Waals surface area contributed by atoms with Crippen molar-refractivity contribution in [2.24, 2.45) is 0 Å². The van der Waals surface area contributed by atoms with Gasteiger partial charge in [-0.05, 0) is 94.5 Å². The first-order chi connectivity index (χ1) is 25.2. The number of nitrogens with zero attached hydrogens (tertiary/aromatic N) is 2. The summed E-state index contributed by atoms with van der Waals surface area (Å²) in [6.07, 6.45) is 4.65. The van der Waals surface area contributed by atoms with Crippen molar-refractivity contribution in [3.8, 4) is 0 Å². The van der Waals surface area contributed by atoms with Crippen molar-refractivity contribution < 1.29 is 0 Å². The van der Waals surface area contributed by atoms with Crippen LogP contribution in [-0.2, 0) is 13.1 Å². The van der Waals surface area contributed by atoms with Gasteiger partial charge in [-0.25, -0.2) is 0 Å². The van der Waals surface area contributed by atoms with Gasteiger partial charge in [-0.3, -0.25) is 0 Å². The lowest BCUT2D eigenvalue weighted by Crippen LogP contribution is -2.37. The van der Waals surface area contributed by atoms with Crippen LogP contribution in [0.3, 0.4) is 0 Å². The summed E-state index contributed by atoms with van der Waals surface area (Å²) in [7, 11) is -1.87. The van der Waals surface area contributed by atoms with E-state index in [0.717, 1.165) is 31.4 Å². The third-order valence-corrected chi connectivity index (χ3v) is 16.1. The van der Waals surface area contributed by atoms with Gasteiger partial charge in [0.15, 0.2) is 5.50 Å². The highest BCUT2D eigenvalue weighted by Crippen LogP contribution is 2.56. The van der Waals surface area contributed by atoms with Crippen molar-refractivity contribution in [1.82, 2.24) is 9.80 Å². The van der Waals surface area contributed by atoms with Gasteiger partial charge in [-0.2, -0.15) is 0 Å². The Labute approximate surface area is 307 Å². The molecule has 0 fully saturated rings. The van der Waals surface area contributed by atoms with Crippen molar-refractivity contribution in [3.63, 3.8) is 0 Å². The molecule has 0 saturated heterocycles. The maximum Gasteiger partial charge on any atom is 0.150 e. The van der Waals surface area contributed by atoms with Gasteiger partial charge in [0.2, 0.25) is 0 Å². The summed E-state index contributed by atoms with van der Waals surface area (Å²) in [5.74, 6) is 1.07. The van der Waals surface area contributed by atoms with Crippen molar-refractivity contribution in [1.29, 1.82) is 0 Å². The number of rotatable bonds is 12. The fraction of sp³-hybridized carbons (Fsp3) is 0.149. The van der Waals surface area contributed by atoms with E-state index in [1.807, 2.05) is 0 Å². The molecule has 0 saturated carbocycles. The molecule has 2 nitrogen and oxygen atoms in total. The first-order valence-electron chi connectivity index (χ1n) is 18.0. The normalized spacial score (nSPS) is 14.7. The molecule has 7 aromatic carbocycles. The summed E-state index contributed by atoms with van der Waals surface area (Å²) in [4.78, 5) is 5.18. The van der Waals surface area contributed by atoms with Crippen LogP contribution in [0.5, 0.6) is 0 Å². The molecule has 1 heterocycles. The molecule has 0 aliphatic carbocycles.